The van der Waals surface area contributed by atoms with Crippen LogP contribution in [0.1, 0.15) is 22.7 Å². The number of hydrogen-bond donors (Lipinski definition) is 1. The molecule has 0 aliphatic heterocycles. The summed E-state index contributed by atoms with van der Waals surface area (Å²) in [5, 5.41) is 0. The van der Waals surface area contributed by atoms with Gasteiger partial charge in [-0.25, -0.2) is 8.78 Å². The monoisotopic (exact) mass is 299 g/mol. The van der Waals surface area contributed by atoms with E-state index in [-0.39, 0.29) is 22.4 Å². The standard InChI is InChI=1S/C15H13F4NO/c1-8-6-12(17)10(7-11(8)16)14(20)9-4-2-3-5-13(9)21-15(18)19/h2-7,14-15H,20H2,1H3. The van der Waals surface area contributed by atoms with Crippen LogP contribution in [0.5, 0.6) is 5.75 Å². The highest BCUT2D eigenvalue weighted by atomic mass is 19.3. The molecule has 0 aliphatic rings. The summed E-state index contributed by atoms with van der Waals surface area (Å²) in [4.78, 5) is 0. The number of benzene rings is 2. The van der Waals surface area contributed by atoms with Crippen molar-refractivity contribution >= 4 is 0 Å². The first-order valence-corrected chi connectivity index (χ1v) is 6.15. The highest BCUT2D eigenvalue weighted by molar-refractivity contribution is 5.42. The summed E-state index contributed by atoms with van der Waals surface area (Å²) in [6.07, 6.45) is 0. The Bertz CT molecular complexity index is 646. The maximum Gasteiger partial charge on any atom is 0.387 e. The van der Waals surface area contributed by atoms with Crippen molar-refractivity contribution in [1.29, 1.82) is 0 Å². The molecule has 0 bridgehead atoms. The third kappa shape index (κ3) is 3.33. The largest absolute Gasteiger partial charge is 0.434 e. The molecule has 2 nitrogen and oxygen atoms in total. The van der Waals surface area contributed by atoms with Gasteiger partial charge in [0.1, 0.15) is 17.4 Å². The summed E-state index contributed by atoms with van der Waals surface area (Å²) in [7, 11) is 0. The summed E-state index contributed by atoms with van der Waals surface area (Å²) < 4.78 is 56.6. The zero-order valence-electron chi connectivity index (χ0n) is 11.1. The van der Waals surface area contributed by atoms with E-state index in [0.717, 1.165) is 12.1 Å². The Labute approximate surface area is 119 Å². The lowest BCUT2D eigenvalue weighted by atomic mass is 9.97. The van der Waals surface area contributed by atoms with Gasteiger partial charge in [0.05, 0.1) is 6.04 Å². The molecule has 21 heavy (non-hydrogen) atoms. The molecule has 0 amide bonds. The Morgan fingerprint density at radius 2 is 1.67 bits per heavy atom. The van der Waals surface area contributed by atoms with Gasteiger partial charge in [-0.05, 0) is 30.7 Å². The van der Waals surface area contributed by atoms with Crippen molar-refractivity contribution in [3.8, 4) is 5.75 Å². The average molecular weight is 299 g/mol. The van der Waals surface area contributed by atoms with Crippen LogP contribution in [0.3, 0.4) is 0 Å². The molecule has 2 aromatic carbocycles. The van der Waals surface area contributed by atoms with Crippen molar-refractivity contribution in [2.45, 2.75) is 19.6 Å². The van der Waals surface area contributed by atoms with Gasteiger partial charge in [-0.2, -0.15) is 8.78 Å². The van der Waals surface area contributed by atoms with Gasteiger partial charge in [0, 0.05) is 11.1 Å². The van der Waals surface area contributed by atoms with Crippen LogP contribution in [0.4, 0.5) is 17.6 Å². The normalized spacial score (nSPS) is 12.5. The molecule has 2 rings (SSSR count). The molecule has 0 fully saturated rings. The molecular weight excluding hydrogens is 286 g/mol. The van der Waals surface area contributed by atoms with E-state index in [1.54, 1.807) is 6.07 Å². The number of rotatable bonds is 4. The second-order valence-electron chi connectivity index (χ2n) is 4.52. The molecule has 112 valence electrons. The van der Waals surface area contributed by atoms with Gasteiger partial charge in [0.2, 0.25) is 0 Å². The predicted molar refractivity (Wildman–Crippen MR) is 70.2 cm³/mol. The van der Waals surface area contributed by atoms with Crippen molar-refractivity contribution in [1.82, 2.24) is 0 Å². The molecule has 2 aromatic rings. The summed E-state index contributed by atoms with van der Waals surface area (Å²) in [6.45, 7) is -1.61. The van der Waals surface area contributed by atoms with Crippen LogP contribution in [0.25, 0.3) is 0 Å². The fourth-order valence-corrected chi connectivity index (χ4v) is 2.01. The van der Waals surface area contributed by atoms with Crippen LogP contribution in [0.15, 0.2) is 36.4 Å². The van der Waals surface area contributed by atoms with Gasteiger partial charge in [-0.1, -0.05) is 18.2 Å². The SMILES string of the molecule is Cc1cc(F)c(C(N)c2ccccc2OC(F)F)cc1F. The zero-order valence-corrected chi connectivity index (χ0v) is 11.1. The van der Waals surface area contributed by atoms with Gasteiger partial charge in [-0.3, -0.25) is 0 Å². The molecule has 0 radical (unpaired) electrons. The first-order chi connectivity index (χ1) is 9.90. The molecule has 2 N–H and O–H groups in total. The van der Waals surface area contributed by atoms with Crippen molar-refractivity contribution in [3.63, 3.8) is 0 Å². The minimum Gasteiger partial charge on any atom is -0.434 e. The van der Waals surface area contributed by atoms with E-state index < -0.39 is 24.3 Å². The lowest BCUT2D eigenvalue weighted by molar-refractivity contribution is -0.0505. The second-order valence-corrected chi connectivity index (χ2v) is 4.52. The number of aryl methyl sites for hydroxylation is 1. The maximum absolute atomic E-state index is 13.9. The number of hydrogen-bond acceptors (Lipinski definition) is 2. The maximum atomic E-state index is 13.9. The molecule has 0 aliphatic carbocycles. The molecule has 6 heteroatoms. The van der Waals surface area contributed by atoms with Crippen LogP contribution in [-0.4, -0.2) is 6.61 Å². The van der Waals surface area contributed by atoms with Gasteiger partial charge in [0.25, 0.3) is 0 Å². The highest BCUT2D eigenvalue weighted by Gasteiger charge is 2.20. The molecule has 0 saturated heterocycles. The van der Waals surface area contributed by atoms with Crippen LogP contribution in [0, 0.1) is 18.6 Å². The van der Waals surface area contributed by atoms with E-state index in [4.69, 9.17) is 5.73 Å². The number of para-hydroxylation sites is 1. The van der Waals surface area contributed by atoms with Crippen molar-refractivity contribution < 1.29 is 22.3 Å². The number of halogens is 4. The van der Waals surface area contributed by atoms with Gasteiger partial charge in [-0.15, -0.1) is 0 Å². The second kappa shape index (κ2) is 6.13. The van der Waals surface area contributed by atoms with Crippen LogP contribution in [-0.2, 0) is 0 Å². The lowest BCUT2D eigenvalue weighted by Gasteiger charge is -2.18. The molecule has 1 unspecified atom stereocenters. The first kappa shape index (κ1) is 15.3. The van der Waals surface area contributed by atoms with Gasteiger partial charge < -0.3 is 10.5 Å². The minimum absolute atomic E-state index is 0.122. The predicted octanol–water partition coefficient (Wildman–Crippen LogP) is 3.92. The van der Waals surface area contributed by atoms with Gasteiger partial charge in [0.15, 0.2) is 0 Å². The van der Waals surface area contributed by atoms with E-state index in [1.807, 2.05) is 0 Å². The lowest BCUT2D eigenvalue weighted by Crippen LogP contribution is -2.16. The summed E-state index contributed by atoms with van der Waals surface area (Å²) in [5.74, 6) is -1.48. The molecule has 0 heterocycles. The van der Waals surface area contributed by atoms with E-state index >= 15 is 0 Å². The number of alkyl halides is 2. The van der Waals surface area contributed by atoms with Gasteiger partial charge >= 0.3 is 6.61 Å². The van der Waals surface area contributed by atoms with Crippen LogP contribution < -0.4 is 10.5 Å². The van der Waals surface area contributed by atoms with Crippen molar-refractivity contribution in [3.05, 3.63) is 64.7 Å². The summed E-state index contributed by atoms with van der Waals surface area (Å²) in [6, 6.07) is 6.63. The third-order valence-electron chi connectivity index (χ3n) is 3.08. The Morgan fingerprint density at radius 3 is 2.33 bits per heavy atom. The Kier molecular flexibility index (Phi) is 4.47. The van der Waals surface area contributed by atoms with Crippen LogP contribution >= 0.6 is 0 Å². The van der Waals surface area contributed by atoms with E-state index in [9.17, 15) is 17.6 Å². The molecule has 0 saturated carbocycles. The zero-order chi connectivity index (χ0) is 15.6. The van der Waals surface area contributed by atoms with Crippen molar-refractivity contribution in [2.75, 3.05) is 0 Å². The van der Waals surface area contributed by atoms with E-state index in [1.165, 1.54) is 25.1 Å². The average Bonchev–Trinajstić information content (AvgIpc) is 2.42. The molecule has 1 atom stereocenters. The molecule has 0 aromatic heterocycles. The number of nitrogens with two attached hydrogens (primary N) is 1. The van der Waals surface area contributed by atoms with E-state index in [2.05, 4.69) is 4.74 Å². The summed E-state index contributed by atoms with van der Waals surface area (Å²) in [5.41, 5.74) is 6.05. The summed E-state index contributed by atoms with van der Waals surface area (Å²) >= 11 is 0. The number of ether oxygens (including phenoxy) is 1. The fraction of sp³-hybridized carbons (Fsp3) is 0.200. The minimum atomic E-state index is -3.03. The Morgan fingerprint density at radius 1 is 1.00 bits per heavy atom. The third-order valence-corrected chi connectivity index (χ3v) is 3.08. The topological polar surface area (TPSA) is 35.2 Å². The fourth-order valence-electron chi connectivity index (χ4n) is 2.01. The highest BCUT2D eigenvalue weighted by Crippen LogP contribution is 2.31. The quantitative estimate of drug-likeness (QED) is 0.868. The smallest absolute Gasteiger partial charge is 0.387 e. The van der Waals surface area contributed by atoms with Crippen LogP contribution in [0.2, 0.25) is 0 Å². The Balaban J connectivity index is 2.45. The molecule has 0 spiro atoms. The van der Waals surface area contributed by atoms with E-state index in [0.29, 0.717) is 0 Å². The Hall–Kier alpha value is -2.08. The molecular formula is C15H13F4NO. The first-order valence-electron chi connectivity index (χ1n) is 6.15. The van der Waals surface area contributed by atoms with Crippen molar-refractivity contribution in [2.24, 2.45) is 5.73 Å².